The van der Waals surface area contributed by atoms with Gasteiger partial charge in [0.25, 0.3) is 5.56 Å². The van der Waals surface area contributed by atoms with E-state index in [0.29, 0.717) is 35.4 Å². The van der Waals surface area contributed by atoms with E-state index in [4.69, 9.17) is 5.26 Å². The lowest BCUT2D eigenvalue weighted by Crippen LogP contribution is -2.23. The van der Waals surface area contributed by atoms with Crippen molar-refractivity contribution in [3.05, 3.63) is 51.6 Å². The second-order valence-electron chi connectivity index (χ2n) is 5.21. The number of nitriles is 1. The minimum atomic E-state index is -0.309. The first kappa shape index (κ1) is 15.4. The molecular formula is C17H14FN3OS. The molecule has 3 rings (SSSR count). The highest BCUT2D eigenvalue weighted by atomic mass is 32.1. The highest BCUT2D eigenvalue weighted by molar-refractivity contribution is 7.17. The molecule has 4 nitrogen and oxygen atoms in total. The second-order valence-corrected chi connectivity index (χ2v) is 6.07. The number of fused-ring (bicyclic) bond motifs is 1. The summed E-state index contributed by atoms with van der Waals surface area (Å²) in [5, 5.41) is 11.1. The van der Waals surface area contributed by atoms with Crippen molar-refractivity contribution < 1.29 is 4.39 Å². The van der Waals surface area contributed by atoms with E-state index >= 15 is 0 Å². The number of thiophene rings is 1. The summed E-state index contributed by atoms with van der Waals surface area (Å²) in [7, 11) is 0. The van der Waals surface area contributed by atoms with Crippen LogP contribution in [0.15, 0.2) is 34.4 Å². The van der Waals surface area contributed by atoms with Crippen LogP contribution in [0.5, 0.6) is 0 Å². The van der Waals surface area contributed by atoms with Crippen LogP contribution < -0.4 is 5.56 Å². The van der Waals surface area contributed by atoms with Gasteiger partial charge < -0.3 is 0 Å². The van der Waals surface area contributed by atoms with Crippen molar-refractivity contribution >= 4 is 21.6 Å². The van der Waals surface area contributed by atoms with Crippen LogP contribution in [0.1, 0.15) is 18.7 Å². The van der Waals surface area contributed by atoms with Crippen LogP contribution in [0.25, 0.3) is 21.3 Å². The van der Waals surface area contributed by atoms with Crippen LogP contribution in [0.4, 0.5) is 4.39 Å². The molecule has 0 bridgehead atoms. The fourth-order valence-electron chi connectivity index (χ4n) is 2.55. The maximum Gasteiger partial charge on any atom is 0.262 e. The molecule has 0 atom stereocenters. The molecule has 0 radical (unpaired) electrons. The lowest BCUT2D eigenvalue weighted by molar-refractivity contribution is 0.607. The summed E-state index contributed by atoms with van der Waals surface area (Å²) < 4.78 is 14.7. The highest BCUT2D eigenvalue weighted by Gasteiger charge is 2.15. The smallest absolute Gasteiger partial charge is 0.262 e. The fourth-order valence-corrected chi connectivity index (χ4v) is 3.53. The third-order valence-electron chi connectivity index (χ3n) is 3.71. The Morgan fingerprint density at radius 3 is 2.78 bits per heavy atom. The van der Waals surface area contributed by atoms with E-state index in [1.165, 1.54) is 23.5 Å². The fraction of sp³-hybridized carbons (Fsp3) is 0.235. The average Bonchev–Trinajstić information content (AvgIpc) is 2.95. The van der Waals surface area contributed by atoms with Gasteiger partial charge in [-0.15, -0.1) is 11.3 Å². The second kappa shape index (κ2) is 6.31. The Kier molecular flexibility index (Phi) is 4.22. The Bertz CT molecular complexity index is 951. The predicted octanol–water partition coefficient (Wildman–Crippen LogP) is 3.88. The number of aromatic nitrogens is 2. The van der Waals surface area contributed by atoms with E-state index in [-0.39, 0.29) is 11.4 Å². The quantitative estimate of drug-likeness (QED) is 0.683. The maximum atomic E-state index is 13.1. The van der Waals surface area contributed by atoms with Gasteiger partial charge in [-0.05, 0) is 31.0 Å². The molecule has 0 aliphatic rings. The van der Waals surface area contributed by atoms with Gasteiger partial charge in [-0.3, -0.25) is 9.36 Å². The van der Waals surface area contributed by atoms with Crippen molar-refractivity contribution in [1.82, 2.24) is 9.55 Å². The zero-order valence-electron chi connectivity index (χ0n) is 12.5. The van der Waals surface area contributed by atoms with Crippen molar-refractivity contribution in [3.63, 3.8) is 0 Å². The highest BCUT2D eigenvalue weighted by Crippen LogP contribution is 2.31. The number of benzene rings is 1. The van der Waals surface area contributed by atoms with Crippen LogP contribution in [-0.4, -0.2) is 9.55 Å². The molecule has 0 N–H and O–H groups in total. The van der Waals surface area contributed by atoms with Gasteiger partial charge in [0, 0.05) is 23.9 Å². The average molecular weight is 327 g/mol. The third-order valence-corrected chi connectivity index (χ3v) is 4.58. The summed E-state index contributed by atoms with van der Waals surface area (Å²) in [4.78, 5) is 18.0. The maximum absolute atomic E-state index is 13.1. The molecule has 0 unspecified atom stereocenters. The van der Waals surface area contributed by atoms with Crippen LogP contribution in [0.3, 0.4) is 0 Å². The molecule has 3 aromatic rings. The van der Waals surface area contributed by atoms with E-state index in [9.17, 15) is 9.18 Å². The van der Waals surface area contributed by atoms with Gasteiger partial charge >= 0.3 is 0 Å². The van der Waals surface area contributed by atoms with Gasteiger partial charge in [0.15, 0.2) is 0 Å². The van der Waals surface area contributed by atoms with E-state index < -0.39 is 0 Å². The standard InChI is InChI=1S/C17H14FN3OS/c1-11-20-16-15(17(22)21(11)9-3-2-8-19)14(10-23-16)12-4-6-13(18)7-5-12/h4-7,10H,2-3,9H2,1H3. The van der Waals surface area contributed by atoms with E-state index in [0.717, 1.165) is 11.1 Å². The van der Waals surface area contributed by atoms with Crippen LogP contribution in [-0.2, 0) is 6.54 Å². The number of hydrogen-bond acceptors (Lipinski definition) is 4. The minimum absolute atomic E-state index is 0.106. The van der Waals surface area contributed by atoms with Gasteiger partial charge in [-0.1, -0.05) is 12.1 Å². The molecule has 0 aliphatic heterocycles. The monoisotopic (exact) mass is 327 g/mol. The minimum Gasteiger partial charge on any atom is -0.296 e. The Morgan fingerprint density at radius 1 is 1.35 bits per heavy atom. The number of nitrogens with zero attached hydrogens (tertiary/aromatic N) is 3. The summed E-state index contributed by atoms with van der Waals surface area (Å²) in [6.45, 7) is 2.27. The first-order valence-electron chi connectivity index (χ1n) is 7.23. The lowest BCUT2D eigenvalue weighted by atomic mass is 10.1. The van der Waals surface area contributed by atoms with Gasteiger partial charge in [-0.25, -0.2) is 9.37 Å². The molecule has 6 heteroatoms. The molecule has 0 aliphatic carbocycles. The predicted molar refractivity (Wildman–Crippen MR) is 88.9 cm³/mol. The molecular weight excluding hydrogens is 313 g/mol. The number of rotatable bonds is 4. The Balaban J connectivity index is 2.15. The Hall–Kier alpha value is -2.52. The molecule has 116 valence electrons. The summed E-state index contributed by atoms with van der Waals surface area (Å²) in [5.74, 6) is 0.337. The van der Waals surface area contributed by atoms with Crippen molar-refractivity contribution in [3.8, 4) is 17.2 Å². The molecule has 0 spiro atoms. The van der Waals surface area contributed by atoms with Crippen LogP contribution >= 0.6 is 11.3 Å². The van der Waals surface area contributed by atoms with Gasteiger partial charge in [0.05, 0.1) is 11.5 Å². The first-order chi connectivity index (χ1) is 11.1. The number of halogens is 1. The molecule has 23 heavy (non-hydrogen) atoms. The number of aryl methyl sites for hydroxylation is 1. The van der Waals surface area contributed by atoms with Crippen molar-refractivity contribution in [1.29, 1.82) is 5.26 Å². The summed E-state index contributed by atoms with van der Waals surface area (Å²) >= 11 is 1.41. The summed E-state index contributed by atoms with van der Waals surface area (Å²) in [6, 6.07) is 8.17. The van der Waals surface area contributed by atoms with Crippen LogP contribution in [0.2, 0.25) is 0 Å². The molecule has 2 heterocycles. The molecule has 2 aromatic heterocycles. The van der Waals surface area contributed by atoms with Gasteiger partial charge in [0.2, 0.25) is 0 Å². The van der Waals surface area contributed by atoms with E-state index in [1.807, 2.05) is 5.38 Å². The Labute approximate surface area is 136 Å². The SMILES string of the molecule is Cc1nc2scc(-c3ccc(F)cc3)c2c(=O)n1CCCC#N. The largest absolute Gasteiger partial charge is 0.296 e. The van der Waals surface area contributed by atoms with Crippen LogP contribution in [0, 0.1) is 24.1 Å². The van der Waals surface area contributed by atoms with Crippen molar-refractivity contribution in [2.24, 2.45) is 0 Å². The molecule has 0 amide bonds. The van der Waals surface area contributed by atoms with Gasteiger partial charge in [-0.2, -0.15) is 5.26 Å². The topological polar surface area (TPSA) is 58.7 Å². The van der Waals surface area contributed by atoms with E-state index in [1.54, 1.807) is 23.6 Å². The molecule has 0 saturated carbocycles. The number of unbranched alkanes of at least 4 members (excludes halogenated alkanes) is 1. The van der Waals surface area contributed by atoms with Crippen molar-refractivity contribution in [2.75, 3.05) is 0 Å². The molecule has 0 saturated heterocycles. The van der Waals surface area contributed by atoms with E-state index in [2.05, 4.69) is 11.1 Å². The number of hydrogen-bond donors (Lipinski definition) is 0. The lowest BCUT2D eigenvalue weighted by Gasteiger charge is -2.09. The zero-order valence-corrected chi connectivity index (χ0v) is 13.4. The summed E-state index contributed by atoms with van der Waals surface area (Å²) in [6.07, 6.45) is 1.01. The molecule has 0 fully saturated rings. The van der Waals surface area contributed by atoms with Crippen molar-refractivity contribution in [2.45, 2.75) is 26.3 Å². The van der Waals surface area contributed by atoms with Gasteiger partial charge in [0.1, 0.15) is 16.5 Å². The normalized spacial score (nSPS) is 10.8. The third kappa shape index (κ3) is 2.88. The summed E-state index contributed by atoms with van der Waals surface area (Å²) in [5.41, 5.74) is 1.46. The Morgan fingerprint density at radius 2 is 2.09 bits per heavy atom. The zero-order chi connectivity index (χ0) is 16.4. The molecule has 1 aromatic carbocycles. The first-order valence-corrected chi connectivity index (χ1v) is 8.11.